The third-order valence-electron chi connectivity index (χ3n) is 3.00. The van der Waals surface area contributed by atoms with Gasteiger partial charge in [-0.2, -0.15) is 13.2 Å². The van der Waals surface area contributed by atoms with Crippen molar-refractivity contribution >= 4 is 6.09 Å². The maximum atomic E-state index is 12.3. The highest BCUT2D eigenvalue weighted by molar-refractivity contribution is 5.68. The van der Waals surface area contributed by atoms with Gasteiger partial charge < -0.3 is 19.1 Å². The zero-order chi connectivity index (χ0) is 19.3. The molecule has 1 atom stereocenters. The first-order chi connectivity index (χ1) is 11.4. The number of pyridine rings is 1. The van der Waals surface area contributed by atoms with Gasteiger partial charge in [0.05, 0.1) is 12.6 Å². The molecule has 0 saturated heterocycles. The van der Waals surface area contributed by atoms with Crippen molar-refractivity contribution in [1.82, 2.24) is 9.88 Å². The zero-order valence-corrected chi connectivity index (χ0v) is 14.9. The van der Waals surface area contributed by atoms with E-state index in [0.717, 1.165) is 0 Å². The van der Waals surface area contributed by atoms with Crippen LogP contribution in [0.15, 0.2) is 18.3 Å². The fourth-order valence-corrected chi connectivity index (χ4v) is 1.92. The van der Waals surface area contributed by atoms with Gasteiger partial charge in [-0.25, -0.2) is 9.78 Å². The summed E-state index contributed by atoms with van der Waals surface area (Å²) in [5.41, 5.74) is -0.162. The van der Waals surface area contributed by atoms with Crippen molar-refractivity contribution in [2.75, 3.05) is 27.4 Å². The van der Waals surface area contributed by atoms with Gasteiger partial charge in [-0.3, -0.25) is 0 Å². The molecule has 0 fully saturated rings. The van der Waals surface area contributed by atoms with E-state index in [1.807, 2.05) is 0 Å². The summed E-state index contributed by atoms with van der Waals surface area (Å²) in [6, 6.07) is 2.34. The molecule has 0 spiro atoms. The highest BCUT2D eigenvalue weighted by Crippen LogP contribution is 2.25. The number of alkyl halides is 3. The zero-order valence-electron chi connectivity index (χ0n) is 14.9. The van der Waals surface area contributed by atoms with Crippen LogP contribution in [0, 0.1) is 0 Å². The minimum absolute atomic E-state index is 0.123. The third-order valence-corrected chi connectivity index (χ3v) is 3.00. The van der Waals surface area contributed by atoms with Crippen LogP contribution < -0.4 is 4.74 Å². The summed E-state index contributed by atoms with van der Waals surface area (Å²) in [6.07, 6.45) is -3.73. The Kier molecular flexibility index (Phi) is 7.04. The molecule has 6 nitrogen and oxygen atoms in total. The predicted octanol–water partition coefficient (Wildman–Crippen LogP) is 3.58. The van der Waals surface area contributed by atoms with E-state index in [1.165, 1.54) is 31.3 Å². The number of methoxy groups -OCH3 is 1. The summed E-state index contributed by atoms with van der Waals surface area (Å²) in [5, 5.41) is 0. The molecule has 0 aliphatic carbocycles. The van der Waals surface area contributed by atoms with E-state index in [9.17, 15) is 18.0 Å². The molecule has 1 amide bonds. The van der Waals surface area contributed by atoms with E-state index < -0.39 is 30.5 Å². The molecule has 1 aromatic rings. The molecule has 1 aromatic heterocycles. The molecule has 142 valence electrons. The molecule has 0 aliphatic rings. The van der Waals surface area contributed by atoms with Crippen molar-refractivity contribution in [3.63, 3.8) is 0 Å². The van der Waals surface area contributed by atoms with Crippen LogP contribution in [0.4, 0.5) is 18.0 Å². The van der Waals surface area contributed by atoms with Gasteiger partial charge in [0.15, 0.2) is 6.61 Å². The second kappa shape index (κ2) is 8.37. The Bertz CT molecular complexity index is 573. The lowest BCUT2D eigenvalue weighted by molar-refractivity contribution is -0.154. The second-order valence-electron chi connectivity index (χ2n) is 6.39. The lowest BCUT2D eigenvalue weighted by Gasteiger charge is -2.30. The van der Waals surface area contributed by atoms with Crippen LogP contribution in [0.25, 0.3) is 0 Å². The predicted molar refractivity (Wildman–Crippen MR) is 84.4 cm³/mol. The average molecular weight is 364 g/mol. The van der Waals surface area contributed by atoms with Crippen molar-refractivity contribution in [2.24, 2.45) is 0 Å². The van der Waals surface area contributed by atoms with Crippen molar-refractivity contribution < 1.29 is 32.2 Å². The van der Waals surface area contributed by atoms with Gasteiger partial charge in [-0.15, -0.1) is 0 Å². The number of halogens is 3. The summed E-state index contributed by atoms with van der Waals surface area (Å²) >= 11 is 0. The molecule has 1 rings (SSSR count). The smallest absolute Gasteiger partial charge is 0.422 e. The van der Waals surface area contributed by atoms with Gasteiger partial charge in [0.2, 0.25) is 5.88 Å². The topological polar surface area (TPSA) is 60.9 Å². The highest BCUT2D eigenvalue weighted by Gasteiger charge is 2.30. The van der Waals surface area contributed by atoms with Crippen LogP contribution in [0.1, 0.15) is 32.4 Å². The fourth-order valence-electron chi connectivity index (χ4n) is 1.92. The number of aromatic nitrogens is 1. The molecule has 0 aliphatic heterocycles. The van der Waals surface area contributed by atoms with Crippen molar-refractivity contribution in [3.8, 4) is 5.88 Å². The van der Waals surface area contributed by atoms with Gasteiger partial charge in [0.1, 0.15) is 5.60 Å². The van der Waals surface area contributed by atoms with Crippen LogP contribution in [0.2, 0.25) is 0 Å². The lowest BCUT2D eigenvalue weighted by atomic mass is 10.1. The van der Waals surface area contributed by atoms with Gasteiger partial charge in [-0.1, -0.05) is 0 Å². The first-order valence-corrected chi connectivity index (χ1v) is 7.53. The number of rotatable bonds is 6. The van der Waals surface area contributed by atoms with Crippen molar-refractivity contribution in [1.29, 1.82) is 0 Å². The number of nitrogens with zero attached hydrogens (tertiary/aromatic N) is 2. The van der Waals surface area contributed by atoms with Gasteiger partial charge in [0.25, 0.3) is 0 Å². The second-order valence-corrected chi connectivity index (χ2v) is 6.39. The van der Waals surface area contributed by atoms with E-state index in [1.54, 1.807) is 26.8 Å². The van der Waals surface area contributed by atoms with Crippen LogP contribution in [0.5, 0.6) is 5.88 Å². The molecular formula is C16H23F3N2O4. The Labute approximate surface area is 144 Å². The van der Waals surface area contributed by atoms with Gasteiger partial charge in [-0.05, 0) is 32.4 Å². The number of likely N-dealkylation sites (N-methyl/N-ethyl adjacent to an activating group) is 1. The SMILES string of the molecule is COCC(c1ccnc(OCC(F)(F)F)c1)N(C)C(=O)OC(C)(C)C. The number of amides is 1. The number of hydrogen-bond donors (Lipinski definition) is 0. The number of ether oxygens (including phenoxy) is 3. The highest BCUT2D eigenvalue weighted by atomic mass is 19.4. The first-order valence-electron chi connectivity index (χ1n) is 7.53. The summed E-state index contributed by atoms with van der Waals surface area (Å²) in [7, 11) is 2.98. The molecule has 25 heavy (non-hydrogen) atoms. The summed E-state index contributed by atoms with van der Waals surface area (Å²) < 4.78 is 51.9. The number of carbonyl (C=O) groups excluding carboxylic acids is 1. The Morgan fingerprint density at radius 3 is 2.48 bits per heavy atom. The monoisotopic (exact) mass is 364 g/mol. The first kappa shape index (κ1) is 21.0. The summed E-state index contributed by atoms with van der Waals surface area (Å²) in [4.78, 5) is 17.3. The average Bonchev–Trinajstić information content (AvgIpc) is 2.48. The molecule has 0 bridgehead atoms. The van der Waals surface area contributed by atoms with Gasteiger partial charge in [0, 0.05) is 26.4 Å². The molecular weight excluding hydrogens is 341 g/mol. The molecule has 0 N–H and O–H groups in total. The molecule has 0 radical (unpaired) electrons. The minimum Gasteiger partial charge on any atom is -0.468 e. The lowest BCUT2D eigenvalue weighted by Crippen LogP contribution is -2.38. The maximum Gasteiger partial charge on any atom is 0.422 e. The Hall–Kier alpha value is -2.03. The quantitative estimate of drug-likeness (QED) is 0.772. The van der Waals surface area contributed by atoms with E-state index in [-0.39, 0.29) is 12.5 Å². The molecule has 0 aromatic carbocycles. The Balaban J connectivity index is 2.96. The number of hydrogen-bond acceptors (Lipinski definition) is 5. The molecule has 9 heteroatoms. The van der Waals surface area contributed by atoms with E-state index in [2.05, 4.69) is 9.72 Å². The van der Waals surface area contributed by atoms with Crippen molar-refractivity contribution in [2.45, 2.75) is 38.6 Å². The number of carbonyl (C=O) groups is 1. The van der Waals surface area contributed by atoms with Gasteiger partial charge >= 0.3 is 12.3 Å². The van der Waals surface area contributed by atoms with E-state index in [4.69, 9.17) is 9.47 Å². The van der Waals surface area contributed by atoms with Crippen LogP contribution in [-0.4, -0.2) is 55.1 Å². The Morgan fingerprint density at radius 1 is 1.32 bits per heavy atom. The van der Waals surface area contributed by atoms with Crippen LogP contribution in [0.3, 0.4) is 0 Å². The van der Waals surface area contributed by atoms with Crippen LogP contribution in [-0.2, 0) is 9.47 Å². The van der Waals surface area contributed by atoms with Crippen LogP contribution >= 0.6 is 0 Å². The molecule has 1 heterocycles. The largest absolute Gasteiger partial charge is 0.468 e. The summed E-state index contributed by atoms with van der Waals surface area (Å²) in [5.74, 6) is -0.187. The van der Waals surface area contributed by atoms with Crippen molar-refractivity contribution in [3.05, 3.63) is 23.9 Å². The summed E-state index contributed by atoms with van der Waals surface area (Å²) in [6.45, 7) is 3.89. The molecule has 0 saturated carbocycles. The van der Waals surface area contributed by atoms with E-state index in [0.29, 0.717) is 5.56 Å². The Morgan fingerprint density at radius 2 is 1.96 bits per heavy atom. The molecule has 1 unspecified atom stereocenters. The fraction of sp³-hybridized carbons (Fsp3) is 0.625. The van der Waals surface area contributed by atoms with E-state index >= 15 is 0 Å². The normalized spacial score (nSPS) is 13.3. The standard InChI is InChI=1S/C16H23F3N2O4/c1-15(2,3)25-14(22)21(4)12(9-23-5)11-6-7-20-13(8-11)24-10-16(17,18)19/h6-8,12H,9-10H2,1-5H3. The minimum atomic E-state index is -4.46. The third kappa shape index (κ3) is 7.59. The maximum absolute atomic E-state index is 12.3.